The van der Waals surface area contributed by atoms with Gasteiger partial charge in [-0.15, -0.1) is 0 Å². The second-order valence-corrected chi connectivity index (χ2v) is 9.28. The van der Waals surface area contributed by atoms with Crippen LogP contribution in [0.5, 0.6) is 0 Å². The summed E-state index contributed by atoms with van der Waals surface area (Å²) in [6.07, 6.45) is -0.453. The molecule has 0 saturated carbocycles. The Morgan fingerprint density at radius 1 is 0.828 bits per heavy atom. The summed E-state index contributed by atoms with van der Waals surface area (Å²) in [6.45, 7) is 1.84. The van der Waals surface area contributed by atoms with Crippen molar-refractivity contribution < 1.29 is 18.0 Å². The van der Waals surface area contributed by atoms with Crippen molar-refractivity contribution in [3.8, 4) is 0 Å². The number of aryl methyl sites for hydroxylation is 1. The van der Waals surface area contributed by atoms with Crippen LogP contribution in [0.3, 0.4) is 0 Å². The molecule has 0 N–H and O–H groups in total. The molecule has 0 aliphatic heterocycles. The second kappa shape index (κ2) is 8.72. The summed E-state index contributed by atoms with van der Waals surface area (Å²) in [5.41, 5.74) is 1.45. The fourth-order valence-corrected chi connectivity index (χ4v) is 4.70. The first-order chi connectivity index (χ1) is 13.8. The minimum Gasteiger partial charge on any atom is -0.294 e. The van der Waals surface area contributed by atoms with Gasteiger partial charge in [0.2, 0.25) is 0 Å². The molecule has 3 rings (SSSR count). The van der Waals surface area contributed by atoms with E-state index >= 15 is 0 Å². The van der Waals surface area contributed by atoms with Crippen LogP contribution in [0.25, 0.3) is 0 Å². The number of Topliss-reactive ketones (excluding diaryl/α,β-unsaturated/α-hetero) is 2. The first kappa shape index (κ1) is 21.0. The van der Waals surface area contributed by atoms with E-state index in [1.807, 2.05) is 6.92 Å². The lowest BCUT2D eigenvalue weighted by Gasteiger charge is -2.17. The largest absolute Gasteiger partial charge is 0.294 e. The second-order valence-electron chi connectivity index (χ2n) is 6.71. The minimum atomic E-state index is -4.07. The summed E-state index contributed by atoms with van der Waals surface area (Å²) in [7, 11) is -4.07. The van der Waals surface area contributed by atoms with Crippen molar-refractivity contribution in [1.82, 2.24) is 0 Å². The summed E-state index contributed by atoms with van der Waals surface area (Å²) in [6, 6.07) is 20.5. The van der Waals surface area contributed by atoms with E-state index in [9.17, 15) is 18.0 Å². The van der Waals surface area contributed by atoms with E-state index in [2.05, 4.69) is 0 Å². The molecular formula is C23H19ClO4S. The van der Waals surface area contributed by atoms with Gasteiger partial charge in [0.1, 0.15) is 5.25 Å². The van der Waals surface area contributed by atoms with E-state index in [0.717, 1.165) is 5.56 Å². The zero-order chi connectivity index (χ0) is 21.0. The van der Waals surface area contributed by atoms with Crippen LogP contribution in [0, 0.1) is 6.92 Å². The monoisotopic (exact) mass is 426 g/mol. The Balaban J connectivity index is 2.01. The summed E-state index contributed by atoms with van der Waals surface area (Å²) in [5, 5.41) is -1.05. The van der Waals surface area contributed by atoms with Gasteiger partial charge >= 0.3 is 0 Å². The number of halogens is 1. The Morgan fingerprint density at radius 3 is 2.00 bits per heavy atom. The molecule has 1 atom stereocenters. The van der Waals surface area contributed by atoms with Crippen LogP contribution < -0.4 is 0 Å². The third-order valence-corrected chi connectivity index (χ3v) is 6.92. The molecule has 0 aromatic heterocycles. The van der Waals surface area contributed by atoms with Crippen molar-refractivity contribution in [2.45, 2.75) is 23.5 Å². The molecule has 6 heteroatoms. The van der Waals surface area contributed by atoms with Gasteiger partial charge in [-0.25, -0.2) is 8.42 Å². The quantitative estimate of drug-likeness (QED) is 0.501. The van der Waals surface area contributed by atoms with E-state index < -0.39 is 33.1 Å². The number of benzene rings is 3. The van der Waals surface area contributed by atoms with Crippen LogP contribution in [-0.2, 0) is 9.84 Å². The predicted molar refractivity (Wildman–Crippen MR) is 113 cm³/mol. The Morgan fingerprint density at radius 2 is 1.41 bits per heavy atom. The molecule has 0 amide bonds. The molecule has 0 spiro atoms. The van der Waals surface area contributed by atoms with Crippen molar-refractivity contribution in [2.75, 3.05) is 0 Å². The normalized spacial score (nSPS) is 12.3. The fraction of sp³-hybridized carbons (Fsp3) is 0.130. The highest BCUT2D eigenvalue weighted by molar-refractivity contribution is 7.92. The smallest absolute Gasteiger partial charge is 0.189 e. The maximum absolute atomic E-state index is 13.3. The van der Waals surface area contributed by atoms with Crippen molar-refractivity contribution in [3.05, 3.63) is 101 Å². The first-order valence-corrected chi connectivity index (χ1v) is 10.9. The van der Waals surface area contributed by atoms with Gasteiger partial charge in [0.05, 0.1) is 4.90 Å². The lowest BCUT2D eigenvalue weighted by molar-refractivity contribution is 0.0920. The molecule has 4 nitrogen and oxygen atoms in total. The Labute approximate surface area is 175 Å². The molecule has 0 radical (unpaired) electrons. The molecule has 0 unspecified atom stereocenters. The Kier molecular flexibility index (Phi) is 6.30. The average Bonchev–Trinajstić information content (AvgIpc) is 2.72. The number of hydrogen-bond donors (Lipinski definition) is 0. The van der Waals surface area contributed by atoms with Crippen molar-refractivity contribution in [2.24, 2.45) is 0 Å². The topological polar surface area (TPSA) is 68.3 Å². The van der Waals surface area contributed by atoms with Crippen LogP contribution in [-0.4, -0.2) is 25.2 Å². The predicted octanol–water partition coefficient (Wildman–Crippen LogP) is 4.95. The summed E-state index contributed by atoms with van der Waals surface area (Å²) in [5.74, 6) is -1.04. The summed E-state index contributed by atoms with van der Waals surface area (Å²) in [4.78, 5) is 25.9. The SMILES string of the molecule is Cc1ccc(S(=O)(=O)[C@@H](CC(=O)c2ccc(Cl)cc2)C(=O)c2ccccc2)cc1. The van der Waals surface area contributed by atoms with Crippen LogP contribution in [0.4, 0.5) is 0 Å². The molecule has 0 aliphatic carbocycles. The van der Waals surface area contributed by atoms with Crippen molar-refractivity contribution >= 4 is 33.0 Å². The molecular weight excluding hydrogens is 408 g/mol. The van der Waals surface area contributed by atoms with E-state index in [-0.39, 0.29) is 10.5 Å². The van der Waals surface area contributed by atoms with Gasteiger partial charge < -0.3 is 0 Å². The maximum atomic E-state index is 13.3. The molecule has 148 valence electrons. The van der Waals surface area contributed by atoms with Gasteiger partial charge in [-0.1, -0.05) is 59.6 Å². The number of sulfone groups is 1. The van der Waals surface area contributed by atoms with Crippen LogP contribution >= 0.6 is 11.6 Å². The van der Waals surface area contributed by atoms with Crippen molar-refractivity contribution in [1.29, 1.82) is 0 Å². The van der Waals surface area contributed by atoms with E-state index in [1.165, 1.54) is 24.3 Å². The number of ketones is 2. The molecule has 0 bridgehead atoms. The number of rotatable bonds is 7. The van der Waals surface area contributed by atoms with Gasteiger partial charge in [-0.05, 0) is 43.3 Å². The Bertz CT molecular complexity index is 1120. The van der Waals surface area contributed by atoms with Gasteiger partial charge in [0.15, 0.2) is 21.4 Å². The standard InChI is InChI=1S/C23H19ClO4S/c1-16-7-13-20(14-8-16)29(27,28)22(23(26)18-5-3-2-4-6-18)15-21(25)17-9-11-19(24)12-10-17/h2-14,22H,15H2,1H3/t22-/m0/s1. The van der Waals surface area contributed by atoms with Crippen molar-refractivity contribution in [3.63, 3.8) is 0 Å². The Hall–Kier alpha value is -2.76. The zero-order valence-corrected chi connectivity index (χ0v) is 17.3. The highest BCUT2D eigenvalue weighted by atomic mass is 35.5. The van der Waals surface area contributed by atoms with Crippen LogP contribution in [0.2, 0.25) is 5.02 Å². The number of carbonyl (C=O) groups excluding carboxylic acids is 2. The molecule has 3 aromatic rings. The van der Waals surface area contributed by atoms with Gasteiger partial charge in [-0.2, -0.15) is 0 Å². The molecule has 0 fully saturated rings. The third-order valence-electron chi connectivity index (χ3n) is 4.61. The maximum Gasteiger partial charge on any atom is 0.189 e. The average molecular weight is 427 g/mol. The highest BCUT2D eigenvalue weighted by Crippen LogP contribution is 2.24. The lowest BCUT2D eigenvalue weighted by atomic mass is 10.0. The van der Waals surface area contributed by atoms with Gasteiger partial charge in [-0.3, -0.25) is 9.59 Å². The van der Waals surface area contributed by atoms with E-state index in [4.69, 9.17) is 11.6 Å². The first-order valence-electron chi connectivity index (χ1n) is 8.97. The molecule has 0 saturated heterocycles. The minimum absolute atomic E-state index is 0.0151. The number of hydrogen-bond acceptors (Lipinski definition) is 4. The van der Waals surface area contributed by atoms with Gasteiger partial charge in [0, 0.05) is 22.6 Å². The third kappa shape index (κ3) is 4.81. The van der Waals surface area contributed by atoms with E-state index in [1.54, 1.807) is 54.6 Å². The molecule has 0 heterocycles. The van der Waals surface area contributed by atoms with Crippen LogP contribution in [0.15, 0.2) is 83.8 Å². The van der Waals surface area contributed by atoms with E-state index in [0.29, 0.717) is 10.6 Å². The van der Waals surface area contributed by atoms with Crippen LogP contribution in [0.1, 0.15) is 32.7 Å². The zero-order valence-electron chi connectivity index (χ0n) is 15.7. The van der Waals surface area contributed by atoms with Gasteiger partial charge in [0.25, 0.3) is 0 Å². The summed E-state index contributed by atoms with van der Waals surface area (Å²) >= 11 is 5.86. The fourth-order valence-electron chi connectivity index (χ4n) is 2.95. The lowest BCUT2D eigenvalue weighted by Crippen LogP contribution is -2.33. The molecule has 29 heavy (non-hydrogen) atoms. The molecule has 0 aliphatic rings. The highest BCUT2D eigenvalue weighted by Gasteiger charge is 2.36. The molecule has 3 aromatic carbocycles. The summed E-state index contributed by atoms with van der Waals surface area (Å²) < 4.78 is 26.6. The number of carbonyl (C=O) groups is 2.